The van der Waals surface area contributed by atoms with Crippen molar-refractivity contribution in [2.45, 2.75) is 11.8 Å². The summed E-state index contributed by atoms with van der Waals surface area (Å²) in [7, 11) is -2.83. The number of benzene rings is 1. The summed E-state index contributed by atoms with van der Waals surface area (Å²) in [5.41, 5.74) is 3.67. The van der Waals surface area contributed by atoms with Gasteiger partial charge in [0.25, 0.3) is 5.91 Å². The number of fused-ring (bicyclic) bond motifs is 1. The van der Waals surface area contributed by atoms with E-state index in [0.29, 0.717) is 27.7 Å². The number of hydrogen-bond donors (Lipinski definition) is 2. The summed E-state index contributed by atoms with van der Waals surface area (Å²) in [6.45, 7) is 1.89. The molecule has 0 aliphatic heterocycles. The summed E-state index contributed by atoms with van der Waals surface area (Å²) in [6, 6.07) is 17.4. The zero-order chi connectivity index (χ0) is 23.9. The Morgan fingerprint density at radius 2 is 1.88 bits per heavy atom. The number of rotatable bonds is 5. The standard InChI is InChI=1S/C23H20N8O2S/c1-15-4-3-5-22(27-15)31-20(16-6-11-21-25-14-26-30(21)13-16)12-19(29-31)23(32)28-17-7-9-18(10-8-17)34(2,24)33/h3-14,24H,1-2H3,(H,28,32). The fraction of sp³-hybridized carbons (Fsp3) is 0.0870. The molecule has 0 saturated carbocycles. The molecule has 0 bridgehead atoms. The highest BCUT2D eigenvalue weighted by Crippen LogP contribution is 2.25. The summed E-state index contributed by atoms with van der Waals surface area (Å²) in [4.78, 5) is 22.2. The third-order valence-corrected chi connectivity index (χ3v) is 6.34. The number of pyridine rings is 2. The van der Waals surface area contributed by atoms with Gasteiger partial charge < -0.3 is 5.32 Å². The lowest BCUT2D eigenvalue weighted by atomic mass is 10.2. The molecule has 5 aromatic rings. The summed E-state index contributed by atoms with van der Waals surface area (Å²) in [5, 5.41) is 11.5. The minimum atomic E-state index is -2.83. The molecule has 0 aliphatic rings. The maximum absolute atomic E-state index is 13.0. The number of carbonyl (C=O) groups excluding carboxylic acids is 1. The Bertz CT molecular complexity index is 1640. The molecule has 10 nitrogen and oxygen atoms in total. The molecule has 4 aromatic heterocycles. The summed E-state index contributed by atoms with van der Waals surface area (Å²) >= 11 is 0. The molecule has 170 valence electrons. The lowest BCUT2D eigenvalue weighted by molar-refractivity contribution is 0.102. The number of aryl methyl sites for hydroxylation is 1. The lowest BCUT2D eigenvalue weighted by Gasteiger charge is -2.07. The predicted octanol–water partition coefficient (Wildman–Crippen LogP) is 3.57. The van der Waals surface area contributed by atoms with E-state index in [1.54, 1.807) is 39.5 Å². The van der Waals surface area contributed by atoms with Crippen LogP contribution in [-0.2, 0) is 9.73 Å². The van der Waals surface area contributed by atoms with Gasteiger partial charge in [0.2, 0.25) is 0 Å². The van der Waals surface area contributed by atoms with E-state index in [9.17, 15) is 9.00 Å². The number of anilines is 1. The van der Waals surface area contributed by atoms with E-state index in [2.05, 4.69) is 25.5 Å². The first-order chi connectivity index (χ1) is 16.3. The summed E-state index contributed by atoms with van der Waals surface area (Å²) in [6.07, 6.45) is 4.64. The van der Waals surface area contributed by atoms with Crippen LogP contribution in [0.1, 0.15) is 16.2 Å². The Kier molecular flexibility index (Phi) is 5.17. The molecule has 0 fully saturated rings. The second-order valence-corrected chi connectivity index (χ2v) is 9.93. The van der Waals surface area contributed by atoms with Crippen molar-refractivity contribution < 1.29 is 9.00 Å². The maximum Gasteiger partial charge on any atom is 0.276 e. The SMILES string of the molecule is Cc1cccc(-n2nc(C(=O)Nc3ccc(S(C)(=N)=O)cc3)cc2-c2ccc3ncnn3c2)n1. The molecule has 1 amide bonds. The fourth-order valence-electron chi connectivity index (χ4n) is 3.48. The van der Waals surface area contributed by atoms with Crippen LogP contribution in [-0.4, -0.2) is 45.7 Å². The molecule has 34 heavy (non-hydrogen) atoms. The molecule has 11 heteroatoms. The number of aromatic nitrogens is 6. The number of carbonyl (C=O) groups is 1. The molecule has 1 aromatic carbocycles. The van der Waals surface area contributed by atoms with Crippen molar-refractivity contribution in [2.75, 3.05) is 11.6 Å². The third-order valence-electron chi connectivity index (χ3n) is 5.16. The first kappa shape index (κ1) is 21.5. The quantitative estimate of drug-likeness (QED) is 0.402. The Morgan fingerprint density at radius 3 is 2.62 bits per heavy atom. The number of amides is 1. The van der Waals surface area contributed by atoms with E-state index in [1.807, 2.05) is 43.5 Å². The van der Waals surface area contributed by atoms with Crippen LogP contribution in [0.25, 0.3) is 22.7 Å². The van der Waals surface area contributed by atoms with E-state index in [4.69, 9.17) is 4.78 Å². The second-order valence-electron chi connectivity index (χ2n) is 7.77. The van der Waals surface area contributed by atoms with Crippen LogP contribution in [0.2, 0.25) is 0 Å². The predicted molar refractivity (Wildman–Crippen MR) is 128 cm³/mol. The molecule has 0 aliphatic carbocycles. The fourth-order valence-corrected chi connectivity index (χ4v) is 4.14. The van der Waals surface area contributed by atoms with Gasteiger partial charge in [-0.3, -0.25) is 4.79 Å². The van der Waals surface area contributed by atoms with Crippen molar-refractivity contribution in [3.05, 3.63) is 84.6 Å². The molecular weight excluding hydrogens is 452 g/mol. The van der Waals surface area contributed by atoms with Crippen molar-refractivity contribution in [1.82, 2.24) is 29.4 Å². The van der Waals surface area contributed by atoms with Crippen molar-refractivity contribution in [1.29, 1.82) is 4.78 Å². The van der Waals surface area contributed by atoms with Gasteiger partial charge in [-0.15, -0.1) is 0 Å². The maximum atomic E-state index is 13.0. The first-order valence-electron chi connectivity index (χ1n) is 10.3. The van der Waals surface area contributed by atoms with Crippen molar-refractivity contribution >= 4 is 27.0 Å². The zero-order valence-corrected chi connectivity index (χ0v) is 19.2. The van der Waals surface area contributed by atoms with Gasteiger partial charge in [0.1, 0.15) is 6.33 Å². The van der Waals surface area contributed by atoms with E-state index >= 15 is 0 Å². The lowest BCUT2D eigenvalue weighted by Crippen LogP contribution is -2.13. The van der Waals surface area contributed by atoms with Crippen LogP contribution in [0.15, 0.2) is 78.1 Å². The smallest absolute Gasteiger partial charge is 0.276 e. The van der Waals surface area contributed by atoms with E-state index in [-0.39, 0.29) is 5.69 Å². The summed E-state index contributed by atoms with van der Waals surface area (Å²) < 4.78 is 22.8. The largest absolute Gasteiger partial charge is 0.321 e. The van der Waals surface area contributed by atoms with Crippen LogP contribution in [0.4, 0.5) is 5.69 Å². The molecule has 0 spiro atoms. The van der Waals surface area contributed by atoms with Gasteiger partial charge >= 0.3 is 0 Å². The molecule has 1 atom stereocenters. The minimum absolute atomic E-state index is 0.195. The monoisotopic (exact) mass is 472 g/mol. The van der Waals surface area contributed by atoms with Crippen LogP contribution in [0.3, 0.4) is 0 Å². The van der Waals surface area contributed by atoms with Gasteiger partial charge in [-0.05, 0) is 61.5 Å². The molecule has 2 N–H and O–H groups in total. The second kappa shape index (κ2) is 8.19. The van der Waals surface area contributed by atoms with Gasteiger partial charge in [-0.2, -0.15) is 10.2 Å². The Hall–Kier alpha value is -4.38. The van der Waals surface area contributed by atoms with E-state index in [1.165, 1.54) is 12.6 Å². The van der Waals surface area contributed by atoms with Gasteiger partial charge in [-0.25, -0.2) is 28.2 Å². The van der Waals surface area contributed by atoms with Crippen LogP contribution < -0.4 is 5.32 Å². The minimum Gasteiger partial charge on any atom is -0.321 e. The number of nitrogens with zero attached hydrogens (tertiary/aromatic N) is 6. The van der Waals surface area contributed by atoms with Crippen LogP contribution in [0.5, 0.6) is 0 Å². The van der Waals surface area contributed by atoms with E-state index in [0.717, 1.165) is 11.3 Å². The van der Waals surface area contributed by atoms with Crippen molar-refractivity contribution in [3.8, 4) is 17.1 Å². The van der Waals surface area contributed by atoms with E-state index < -0.39 is 15.6 Å². The molecular formula is C23H20N8O2S. The molecule has 0 radical (unpaired) electrons. The van der Waals surface area contributed by atoms with Gasteiger partial charge in [0.15, 0.2) is 17.2 Å². The van der Waals surface area contributed by atoms with Crippen LogP contribution in [0, 0.1) is 11.7 Å². The molecule has 4 heterocycles. The highest BCUT2D eigenvalue weighted by Gasteiger charge is 2.18. The average molecular weight is 473 g/mol. The normalized spacial score (nSPS) is 13.0. The van der Waals surface area contributed by atoms with Crippen molar-refractivity contribution in [2.24, 2.45) is 0 Å². The topological polar surface area (TPSA) is 131 Å². The molecule has 5 rings (SSSR count). The highest BCUT2D eigenvalue weighted by molar-refractivity contribution is 7.91. The van der Waals surface area contributed by atoms with Gasteiger partial charge in [0, 0.05) is 34.3 Å². The highest BCUT2D eigenvalue weighted by atomic mass is 32.2. The number of hydrogen-bond acceptors (Lipinski definition) is 7. The Morgan fingerprint density at radius 1 is 1.09 bits per heavy atom. The molecule has 1 unspecified atom stereocenters. The zero-order valence-electron chi connectivity index (χ0n) is 18.3. The van der Waals surface area contributed by atoms with Gasteiger partial charge in [-0.1, -0.05) is 6.07 Å². The van der Waals surface area contributed by atoms with Crippen LogP contribution >= 0.6 is 0 Å². The number of nitrogens with one attached hydrogen (secondary N) is 2. The van der Waals surface area contributed by atoms with Gasteiger partial charge in [0.05, 0.1) is 15.4 Å². The molecule has 0 saturated heterocycles. The Labute approximate surface area is 195 Å². The average Bonchev–Trinajstić information content (AvgIpc) is 3.46. The Balaban J connectivity index is 1.54. The third kappa shape index (κ3) is 4.16. The van der Waals surface area contributed by atoms with Crippen molar-refractivity contribution in [3.63, 3.8) is 0 Å². The first-order valence-corrected chi connectivity index (χ1v) is 12.2. The summed E-state index contributed by atoms with van der Waals surface area (Å²) in [5.74, 6) is 0.163.